The SMILES string of the molecule is CNC(=O)Oc1cc(C(C)N2CCOCC2)cc2cccnc12. The summed E-state index contributed by atoms with van der Waals surface area (Å²) in [7, 11) is 1.54. The van der Waals surface area contributed by atoms with Gasteiger partial charge in [0.2, 0.25) is 0 Å². The van der Waals surface area contributed by atoms with Gasteiger partial charge in [0, 0.05) is 37.8 Å². The maximum Gasteiger partial charge on any atom is 0.412 e. The molecule has 0 radical (unpaired) electrons. The van der Waals surface area contributed by atoms with Crippen LogP contribution in [0.15, 0.2) is 30.5 Å². The van der Waals surface area contributed by atoms with E-state index in [1.54, 1.807) is 6.20 Å². The Hall–Kier alpha value is -2.18. The van der Waals surface area contributed by atoms with Crippen molar-refractivity contribution >= 4 is 17.0 Å². The van der Waals surface area contributed by atoms with Crippen molar-refractivity contribution in [2.24, 2.45) is 0 Å². The third-order valence-corrected chi connectivity index (χ3v) is 4.17. The molecule has 3 rings (SSSR count). The first-order valence-electron chi connectivity index (χ1n) is 7.79. The molecule has 122 valence electrons. The van der Waals surface area contributed by atoms with Crippen molar-refractivity contribution in [3.8, 4) is 5.75 Å². The number of hydrogen-bond donors (Lipinski definition) is 1. The Morgan fingerprint density at radius 1 is 1.39 bits per heavy atom. The zero-order valence-electron chi connectivity index (χ0n) is 13.4. The van der Waals surface area contributed by atoms with Gasteiger partial charge in [-0.05, 0) is 30.7 Å². The predicted molar refractivity (Wildman–Crippen MR) is 87.6 cm³/mol. The summed E-state index contributed by atoms with van der Waals surface area (Å²) in [6.45, 7) is 5.46. The van der Waals surface area contributed by atoms with Gasteiger partial charge < -0.3 is 14.8 Å². The average Bonchev–Trinajstić information content (AvgIpc) is 2.61. The van der Waals surface area contributed by atoms with Crippen molar-refractivity contribution in [2.45, 2.75) is 13.0 Å². The number of ether oxygens (including phenoxy) is 2. The van der Waals surface area contributed by atoms with Crippen LogP contribution in [0.1, 0.15) is 18.5 Å². The molecule has 1 unspecified atom stereocenters. The summed E-state index contributed by atoms with van der Waals surface area (Å²) in [5.74, 6) is 0.484. The van der Waals surface area contributed by atoms with Crippen LogP contribution in [-0.2, 0) is 4.74 Å². The van der Waals surface area contributed by atoms with Crippen LogP contribution < -0.4 is 10.1 Å². The quantitative estimate of drug-likeness (QED) is 0.942. The van der Waals surface area contributed by atoms with E-state index in [-0.39, 0.29) is 6.04 Å². The lowest BCUT2D eigenvalue weighted by molar-refractivity contribution is 0.0198. The Kier molecular flexibility index (Phi) is 4.73. The molecule has 1 aliphatic rings. The molecule has 1 aromatic heterocycles. The highest BCUT2D eigenvalue weighted by molar-refractivity contribution is 5.87. The second-order valence-electron chi connectivity index (χ2n) is 5.56. The minimum atomic E-state index is -0.492. The van der Waals surface area contributed by atoms with Crippen molar-refractivity contribution in [1.29, 1.82) is 0 Å². The lowest BCUT2D eigenvalue weighted by atomic mass is 10.0. The van der Waals surface area contributed by atoms with Crippen LogP contribution >= 0.6 is 0 Å². The van der Waals surface area contributed by atoms with Gasteiger partial charge in [0.05, 0.1) is 13.2 Å². The number of morpholine rings is 1. The van der Waals surface area contributed by atoms with Crippen LogP contribution in [0.3, 0.4) is 0 Å². The lowest BCUT2D eigenvalue weighted by Gasteiger charge is -2.32. The fourth-order valence-electron chi connectivity index (χ4n) is 2.83. The summed E-state index contributed by atoms with van der Waals surface area (Å²) in [6.07, 6.45) is 1.21. The van der Waals surface area contributed by atoms with Crippen molar-refractivity contribution < 1.29 is 14.3 Å². The van der Waals surface area contributed by atoms with E-state index in [9.17, 15) is 4.79 Å². The Labute approximate surface area is 135 Å². The third-order valence-electron chi connectivity index (χ3n) is 4.17. The maximum absolute atomic E-state index is 11.6. The first kappa shape index (κ1) is 15.7. The lowest BCUT2D eigenvalue weighted by Crippen LogP contribution is -2.38. The minimum absolute atomic E-state index is 0.218. The number of carbonyl (C=O) groups is 1. The molecule has 1 fully saturated rings. The Balaban J connectivity index is 1.98. The summed E-state index contributed by atoms with van der Waals surface area (Å²) < 4.78 is 10.8. The first-order chi connectivity index (χ1) is 11.2. The second-order valence-corrected chi connectivity index (χ2v) is 5.56. The molecule has 1 aromatic carbocycles. The van der Waals surface area contributed by atoms with E-state index in [1.165, 1.54) is 7.05 Å². The molecule has 1 atom stereocenters. The normalized spacial score (nSPS) is 17.0. The number of nitrogens with one attached hydrogen (secondary N) is 1. The van der Waals surface area contributed by atoms with Crippen molar-refractivity contribution in [3.05, 3.63) is 36.0 Å². The maximum atomic E-state index is 11.6. The summed E-state index contributed by atoms with van der Waals surface area (Å²) in [5, 5.41) is 3.44. The Bertz CT molecular complexity index is 699. The predicted octanol–water partition coefficient (Wildman–Crippen LogP) is 2.35. The molecule has 1 amide bonds. The number of benzene rings is 1. The van der Waals surface area contributed by atoms with Gasteiger partial charge in [0.25, 0.3) is 0 Å². The van der Waals surface area contributed by atoms with E-state index in [2.05, 4.69) is 28.2 Å². The highest BCUT2D eigenvalue weighted by atomic mass is 16.6. The topological polar surface area (TPSA) is 63.7 Å². The molecular formula is C17H21N3O3. The van der Waals surface area contributed by atoms with Crippen molar-refractivity contribution in [1.82, 2.24) is 15.2 Å². The van der Waals surface area contributed by atoms with Crippen LogP contribution in [0.5, 0.6) is 5.75 Å². The largest absolute Gasteiger partial charge is 0.412 e. The van der Waals surface area contributed by atoms with E-state index in [4.69, 9.17) is 9.47 Å². The van der Waals surface area contributed by atoms with Gasteiger partial charge in [0.15, 0.2) is 5.75 Å². The van der Waals surface area contributed by atoms with Gasteiger partial charge in [-0.15, -0.1) is 0 Å². The van der Waals surface area contributed by atoms with Crippen LogP contribution in [0.25, 0.3) is 10.9 Å². The molecule has 23 heavy (non-hydrogen) atoms. The number of carbonyl (C=O) groups excluding carboxylic acids is 1. The standard InChI is InChI=1S/C17H21N3O3/c1-12(20-6-8-22-9-7-20)14-10-13-4-3-5-19-16(13)15(11-14)23-17(21)18-2/h3-5,10-12H,6-9H2,1-2H3,(H,18,21). The van der Waals surface area contributed by atoms with Gasteiger partial charge >= 0.3 is 6.09 Å². The van der Waals surface area contributed by atoms with Gasteiger partial charge in [-0.2, -0.15) is 0 Å². The Morgan fingerprint density at radius 3 is 2.91 bits per heavy atom. The molecular weight excluding hydrogens is 294 g/mol. The van der Waals surface area contributed by atoms with Gasteiger partial charge in [-0.3, -0.25) is 9.88 Å². The summed E-state index contributed by atoms with van der Waals surface area (Å²) in [5.41, 5.74) is 1.79. The zero-order valence-corrected chi connectivity index (χ0v) is 13.4. The summed E-state index contributed by atoms with van der Waals surface area (Å²) in [4.78, 5) is 18.3. The monoisotopic (exact) mass is 315 g/mol. The molecule has 0 aliphatic carbocycles. The highest BCUT2D eigenvalue weighted by Gasteiger charge is 2.20. The molecule has 6 nitrogen and oxygen atoms in total. The van der Waals surface area contributed by atoms with Crippen LogP contribution in [0, 0.1) is 0 Å². The second kappa shape index (κ2) is 6.93. The molecule has 1 aliphatic heterocycles. The van der Waals surface area contributed by atoms with E-state index in [0.29, 0.717) is 11.3 Å². The van der Waals surface area contributed by atoms with Crippen LogP contribution in [0.4, 0.5) is 4.79 Å². The first-order valence-corrected chi connectivity index (χ1v) is 7.79. The van der Waals surface area contributed by atoms with E-state index >= 15 is 0 Å². The van der Waals surface area contributed by atoms with Gasteiger partial charge in [0.1, 0.15) is 5.52 Å². The zero-order chi connectivity index (χ0) is 16.2. The highest BCUT2D eigenvalue weighted by Crippen LogP contribution is 2.31. The number of fused-ring (bicyclic) bond motifs is 1. The number of rotatable bonds is 3. The van der Waals surface area contributed by atoms with Crippen molar-refractivity contribution in [3.63, 3.8) is 0 Å². The number of hydrogen-bond acceptors (Lipinski definition) is 5. The molecule has 0 saturated carbocycles. The van der Waals surface area contributed by atoms with E-state index in [0.717, 1.165) is 37.3 Å². The number of aromatic nitrogens is 1. The number of nitrogens with zero attached hydrogens (tertiary/aromatic N) is 2. The smallest absolute Gasteiger partial charge is 0.408 e. The molecule has 6 heteroatoms. The summed E-state index contributed by atoms with van der Waals surface area (Å²) >= 11 is 0. The molecule has 0 bridgehead atoms. The van der Waals surface area contributed by atoms with Gasteiger partial charge in [-0.1, -0.05) is 6.07 Å². The summed E-state index contributed by atoms with van der Waals surface area (Å²) in [6, 6.07) is 8.10. The number of pyridine rings is 1. The molecule has 0 spiro atoms. The van der Waals surface area contributed by atoms with Crippen LogP contribution in [0.2, 0.25) is 0 Å². The third kappa shape index (κ3) is 3.43. The molecule has 1 N–H and O–H groups in total. The fraction of sp³-hybridized carbons (Fsp3) is 0.412. The van der Waals surface area contributed by atoms with Crippen LogP contribution in [-0.4, -0.2) is 49.3 Å². The Morgan fingerprint density at radius 2 is 2.17 bits per heavy atom. The molecule has 2 heterocycles. The fourth-order valence-corrected chi connectivity index (χ4v) is 2.83. The van der Waals surface area contributed by atoms with E-state index < -0.39 is 6.09 Å². The average molecular weight is 315 g/mol. The minimum Gasteiger partial charge on any atom is -0.408 e. The number of amides is 1. The molecule has 1 saturated heterocycles. The van der Waals surface area contributed by atoms with Crippen molar-refractivity contribution in [2.75, 3.05) is 33.4 Å². The molecule has 2 aromatic rings. The van der Waals surface area contributed by atoms with Gasteiger partial charge in [-0.25, -0.2) is 4.79 Å². The van der Waals surface area contributed by atoms with E-state index in [1.807, 2.05) is 18.2 Å².